The van der Waals surface area contributed by atoms with Crippen LogP contribution >= 0.6 is 0 Å². The number of nitrogens with zero attached hydrogens (tertiary/aromatic N) is 2. The molecule has 17 heavy (non-hydrogen) atoms. The van der Waals surface area contributed by atoms with E-state index in [1.165, 1.54) is 19.2 Å². The summed E-state index contributed by atoms with van der Waals surface area (Å²) in [5.74, 6) is -0.943. The van der Waals surface area contributed by atoms with Crippen molar-refractivity contribution < 1.29 is 19.4 Å². The van der Waals surface area contributed by atoms with Gasteiger partial charge in [0.1, 0.15) is 0 Å². The molecule has 7 nitrogen and oxygen atoms in total. The molecule has 0 atom stereocenters. The van der Waals surface area contributed by atoms with E-state index in [2.05, 4.69) is 15.5 Å². The molecular weight excluding hydrogens is 226 g/mol. The SMILES string of the molecule is COc1ccc(C(=O)NCCCC(=O)O)nn1. The minimum absolute atomic E-state index is 0.0224. The van der Waals surface area contributed by atoms with E-state index >= 15 is 0 Å². The number of aromatic nitrogens is 2. The van der Waals surface area contributed by atoms with Crippen molar-refractivity contribution in [2.24, 2.45) is 0 Å². The van der Waals surface area contributed by atoms with E-state index in [0.29, 0.717) is 18.8 Å². The number of ether oxygens (including phenoxy) is 1. The third kappa shape index (κ3) is 4.45. The Kier molecular flexibility index (Phi) is 4.86. The molecule has 1 amide bonds. The summed E-state index contributed by atoms with van der Waals surface area (Å²) < 4.78 is 4.80. The van der Waals surface area contributed by atoms with Gasteiger partial charge in [-0.15, -0.1) is 10.2 Å². The van der Waals surface area contributed by atoms with E-state index < -0.39 is 5.97 Å². The van der Waals surface area contributed by atoms with Crippen LogP contribution in [0.3, 0.4) is 0 Å². The summed E-state index contributed by atoms with van der Waals surface area (Å²) in [6, 6.07) is 3.01. The molecule has 0 unspecified atom stereocenters. The van der Waals surface area contributed by atoms with Crippen molar-refractivity contribution >= 4 is 11.9 Å². The molecule has 0 fully saturated rings. The molecule has 0 aliphatic rings. The van der Waals surface area contributed by atoms with Crippen LogP contribution in [0.5, 0.6) is 5.88 Å². The molecule has 0 bridgehead atoms. The van der Waals surface area contributed by atoms with Crippen LogP contribution in [0, 0.1) is 0 Å². The summed E-state index contributed by atoms with van der Waals surface area (Å²) in [5.41, 5.74) is 0.168. The van der Waals surface area contributed by atoms with Crippen LogP contribution in [-0.4, -0.2) is 40.8 Å². The largest absolute Gasteiger partial charge is 0.481 e. The number of rotatable bonds is 6. The highest BCUT2D eigenvalue weighted by atomic mass is 16.5. The Morgan fingerprint density at radius 1 is 1.41 bits per heavy atom. The lowest BCUT2D eigenvalue weighted by Gasteiger charge is -2.03. The molecule has 0 aliphatic carbocycles. The number of aliphatic carboxylic acids is 1. The van der Waals surface area contributed by atoms with Gasteiger partial charge in [-0.05, 0) is 12.5 Å². The van der Waals surface area contributed by atoms with E-state index in [-0.39, 0.29) is 18.0 Å². The van der Waals surface area contributed by atoms with Crippen molar-refractivity contribution in [1.82, 2.24) is 15.5 Å². The second-order valence-electron chi connectivity index (χ2n) is 3.21. The zero-order valence-electron chi connectivity index (χ0n) is 9.34. The number of carbonyl (C=O) groups excluding carboxylic acids is 1. The molecule has 7 heteroatoms. The number of methoxy groups -OCH3 is 1. The molecule has 1 aromatic heterocycles. The van der Waals surface area contributed by atoms with Crippen LogP contribution in [0.25, 0.3) is 0 Å². The van der Waals surface area contributed by atoms with Crippen LogP contribution in [0.15, 0.2) is 12.1 Å². The highest BCUT2D eigenvalue weighted by molar-refractivity contribution is 5.92. The molecule has 0 saturated heterocycles. The monoisotopic (exact) mass is 239 g/mol. The van der Waals surface area contributed by atoms with Gasteiger partial charge in [0.2, 0.25) is 5.88 Å². The lowest BCUT2D eigenvalue weighted by molar-refractivity contribution is -0.137. The highest BCUT2D eigenvalue weighted by Crippen LogP contribution is 2.03. The first kappa shape index (κ1) is 12.9. The molecular formula is C10H13N3O4. The highest BCUT2D eigenvalue weighted by Gasteiger charge is 2.07. The molecule has 0 spiro atoms. The van der Waals surface area contributed by atoms with Crippen molar-refractivity contribution in [1.29, 1.82) is 0 Å². The maximum atomic E-state index is 11.5. The van der Waals surface area contributed by atoms with Crippen molar-refractivity contribution in [3.8, 4) is 5.88 Å². The Balaban J connectivity index is 2.38. The summed E-state index contributed by atoms with van der Waals surface area (Å²) >= 11 is 0. The van der Waals surface area contributed by atoms with Gasteiger partial charge in [-0.2, -0.15) is 0 Å². The first-order valence-electron chi connectivity index (χ1n) is 5.01. The van der Waals surface area contributed by atoms with Gasteiger partial charge in [-0.3, -0.25) is 9.59 Å². The maximum Gasteiger partial charge on any atom is 0.303 e. The van der Waals surface area contributed by atoms with Gasteiger partial charge in [-0.1, -0.05) is 0 Å². The first-order valence-corrected chi connectivity index (χ1v) is 5.01. The maximum absolute atomic E-state index is 11.5. The molecule has 2 N–H and O–H groups in total. The van der Waals surface area contributed by atoms with E-state index in [0.717, 1.165) is 0 Å². The lowest BCUT2D eigenvalue weighted by Crippen LogP contribution is -2.26. The van der Waals surface area contributed by atoms with Crippen LogP contribution in [0.2, 0.25) is 0 Å². The number of amides is 1. The van der Waals surface area contributed by atoms with Crippen LogP contribution in [0.1, 0.15) is 23.3 Å². The summed E-state index contributed by atoms with van der Waals surface area (Å²) in [5, 5.41) is 18.3. The number of nitrogens with one attached hydrogen (secondary N) is 1. The van der Waals surface area contributed by atoms with E-state index in [1.807, 2.05) is 0 Å². The fraction of sp³-hybridized carbons (Fsp3) is 0.400. The van der Waals surface area contributed by atoms with Crippen molar-refractivity contribution in [3.05, 3.63) is 17.8 Å². The Morgan fingerprint density at radius 3 is 2.71 bits per heavy atom. The van der Waals surface area contributed by atoms with Gasteiger partial charge < -0.3 is 15.2 Å². The van der Waals surface area contributed by atoms with Crippen molar-refractivity contribution in [2.75, 3.05) is 13.7 Å². The first-order chi connectivity index (χ1) is 8.13. The fourth-order valence-corrected chi connectivity index (χ4v) is 1.08. The predicted octanol–water partition coefficient (Wildman–Crippen LogP) is 0.0798. The smallest absolute Gasteiger partial charge is 0.303 e. The topological polar surface area (TPSA) is 101 Å². The summed E-state index contributed by atoms with van der Waals surface area (Å²) in [6.45, 7) is 0.291. The minimum atomic E-state index is -0.886. The molecule has 0 radical (unpaired) electrons. The van der Waals surface area contributed by atoms with Crippen molar-refractivity contribution in [3.63, 3.8) is 0 Å². The molecule has 0 aliphatic heterocycles. The van der Waals surface area contributed by atoms with Crippen molar-refractivity contribution in [2.45, 2.75) is 12.8 Å². The predicted molar refractivity (Wildman–Crippen MR) is 57.8 cm³/mol. The molecule has 0 aromatic carbocycles. The second kappa shape index (κ2) is 6.41. The molecule has 1 aromatic rings. The zero-order valence-corrected chi connectivity index (χ0v) is 9.34. The Morgan fingerprint density at radius 2 is 2.18 bits per heavy atom. The van der Waals surface area contributed by atoms with Crippen LogP contribution < -0.4 is 10.1 Å². The summed E-state index contributed by atoms with van der Waals surface area (Å²) in [4.78, 5) is 21.7. The standard InChI is InChI=1S/C10H13N3O4/c1-17-8-5-4-7(12-13-8)10(16)11-6-2-3-9(14)15/h4-5H,2-3,6H2,1H3,(H,11,16)(H,14,15). The van der Waals surface area contributed by atoms with Gasteiger partial charge in [0.25, 0.3) is 5.91 Å². The normalized spacial score (nSPS) is 9.71. The van der Waals surface area contributed by atoms with Gasteiger partial charge in [0.05, 0.1) is 7.11 Å². The quantitative estimate of drug-likeness (QED) is 0.682. The molecule has 0 saturated carbocycles. The lowest BCUT2D eigenvalue weighted by atomic mass is 10.3. The summed E-state index contributed by atoms with van der Waals surface area (Å²) in [7, 11) is 1.45. The molecule has 1 heterocycles. The van der Waals surface area contributed by atoms with E-state index in [1.54, 1.807) is 0 Å². The number of carboxylic acids is 1. The van der Waals surface area contributed by atoms with E-state index in [9.17, 15) is 9.59 Å². The average molecular weight is 239 g/mol. The molecule has 1 rings (SSSR count). The Hall–Kier alpha value is -2.18. The Labute approximate surface area is 97.8 Å². The van der Waals surface area contributed by atoms with Gasteiger partial charge in [0.15, 0.2) is 5.69 Å². The van der Waals surface area contributed by atoms with Gasteiger partial charge in [-0.25, -0.2) is 0 Å². The Bertz CT molecular complexity index is 391. The number of hydrogen-bond acceptors (Lipinski definition) is 5. The van der Waals surface area contributed by atoms with Gasteiger partial charge >= 0.3 is 5.97 Å². The van der Waals surface area contributed by atoms with Crippen LogP contribution in [-0.2, 0) is 4.79 Å². The molecule has 92 valence electrons. The second-order valence-corrected chi connectivity index (χ2v) is 3.21. The average Bonchev–Trinajstić information content (AvgIpc) is 2.34. The minimum Gasteiger partial charge on any atom is -0.481 e. The third-order valence-corrected chi connectivity index (χ3v) is 1.93. The number of carbonyl (C=O) groups is 2. The zero-order chi connectivity index (χ0) is 12.7. The van der Waals surface area contributed by atoms with E-state index in [4.69, 9.17) is 9.84 Å². The summed E-state index contributed by atoms with van der Waals surface area (Å²) in [6.07, 6.45) is 0.402. The van der Waals surface area contributed by atoms with Gasteiger partial charge in [0, 0.05) is 19.0 Å². The third-order valence-electron chi connectivity index (χ3n) is 1.93. The fourth-order valence-electron chi connectivity index (χ4n) is 1.08. The number of carboxylic acid groups (broad SMARTS) is 1. The van der Waals surface area contributed by atoms with Crippen LogP contribution in [0.4, 0.5) is 0 Å². The number of hydrogen-bond donors (Lipinski definition) is 2.